The number of carbonyl (C=O) groups is 2. The number of nitrogens with one attached hydrogen (secondary N) is 2. The van der Waals surface area contributed by atoms with Crippen LogP contribution in [0.15, 0.2) is 24.3 Å². The summed E-state index contributed by atoms with van der Waals surface area (Å²) in [7, 11) is 1.35. The van der Waals surface area contributed by atoms with E-state index < -0.39 is 5.97 Å². The highest BCUT2D eigenvalue weighted by molar-refractivity contribution is 7.17. The fraction of sp³-hybridized carbons (Fsp3) is 0.316. The quantitative estimate of drug-likeness (QED) is 0.801. The molecule has 0 saturated heterocycles. The molecule has 1 amide bonds. The topological polar surface area (TPSA) is 83.6 Å². The third-order valence-electron chi connectivity index (χ3n) is 4.62. The lowest BCUT2D eigenvalue weighted by atomic mass is 10.0. The lowest BCUT2D eigenvalue weighted by molar-refractivity contribution is -0.913. The summed E-state index contributed by atoms with van der Waals surface area (Å²) in [6.45, 7) is 4.99. The normalized spacial score (nSPS) is 15.7. The van der Waals surface area contributed by atoms with Crippen LogP contribution in [0.2, 0.25) is 0 Å². The van der Waals surface area contributed by atoms with Crippen molar-refractivity contribution in [1.82, 2.24) is 0 Å². The molecule has 2 aromatic rings. The molecule has 134 valence electrons. The van der Waals surface area contributed by atoms with E-state index in [4.69, 9.17) is 10.00 Å². The number of nitrogens with zero attached hydrogens (tertiary/aromatic N) is 1. The van der Waals surface area contributed by atoms with Crippen LogP contribution in [-0.2, 0) is 17.7 Å². The Morgan fingerprint density at radius 1 is 1.35 bits per heavy atom. The fourth-order valence-corrected chi connectivity index (χ4v) is 4.42. The number of quaternary nitrogens is 1. The molecule has 1 atom stereocenters. The molecule has 0 spiro atoms. The number of rotatable bonds is 4. The molecule has 1 aromatic carbocycles. The minimum atomic E-state index is -0.419. The average molecular weight is 370 g/mol. The number of anilines is 1. The van der Waals surface area contributed by atoms with E-state index in [0.717, 1.165) is 36.5 Å². The zero-order valence-electron chi connectivity index (χ0n) is 14.7. The lowest BCUT2D eigenvalue weighted by Crippen LogP contribution is -3.11. The number of carbonyl (C=O) groups excluding carboxylic acids is 2. The van der Waals surface area contributed by atoms with E-state index in [1.54, 1.807) is 24.3 Å². The minimum absolute atomic E-state index is 0.307. The number of methoxy groups -OCH3 is 1. The zero-order chi connectivity index (χ0) is 18.7. The number of nitriles is 1. The molecule has 1 unspecified atom stereocenters. The Morgan fingerprint density at radius 2 is 2.08 bits per heavy atom. The second-order valence-corrected chi connectivity index (χ2v) is 7.23. The van der Waals surface area contributed by atoms with E-state index in [-0.39, 0.29) is 5.91 Å². The molecule has 1 aromatic heterocycles. The van der Waals surface area contributed by atoms with Gasteiger partial charge in [0.1, 0.15) is 11.5 Å². The zero-order valence-corrected chi connectivity index (χ0v) is 15.5. The highest BCUT2D eigenvalue weighted by atomic mass is 32.1. The first-order valence-electron chi connectivity index (χ1n) is 8.45. The molecule has 1 aliphatic rings. The van der Waals surface area contributed by atoms with Crippen molar-refractivity contribution in [3.63, 3.8) is 0 Å². The predicted octanol–water partition coefficient (Wildman–Crippen LogP) is 1.62. The van der Waals surface area contributed by atoms with Gasteiger partial charge in [-0.15, -0.1) is 11.3 Å². The molecule has 7 heteroatoms. The largest absolute Gasteiger partial charge is 0.465 e. The van der Waals surface area contributed by atoms with Crippen molar-refractivity contribution in [2.45, 2.75) is 19.9 Å². The number of amides is 1. The molecule has 0 fully saturated rings. The summed E-state index contributed by atoms with van der Waals surface area (Å²) in [5.74, 6) is -0.726. The van der Waals surface area contributed by atoms with Gasteiger partial charge in [-0.1, -0.05) is 0 Å². The molecule has 0 saturated carbocycles. The molecule has 2 heterocycles. The van der Waals surface area contributed by atoms with Crippen molar-refractivity contribution in [2.24, 2.45) is 0 Å². The van der Waals surface area contributed by atoms with E-state index in [9.17, 15) is 9.59 Å². The highest BCUT2D eigenvalue weighted by Gasteiger charge is 2.30. The van der Waals surface area contributed by atoms with Crippen LogP contribution in [0.4, 0.5) is 5.00 Å². The first-order chi connectivity index (χ1) is 12.6. The van der Waals surface area contributed by atoms with Gasteiger partial charge in [-0.3, -0.25) is 4.79 Å². The van der Waals surface area contributed by atoms with Crippen LogP contribution >= 0.6 is 11.3 Å². The Hall–Kier alpha value is -2.69. The molecule has 0 aliphatic carbocycles. The maximum atomic E-state index is 12.6. The van der Waals surface area contributed by atoms with Gasteiger partial charge >= 0.3 is 5.97 Å². The third-order valence-corrected chi connectivity index (χ3v) is 5.77. The maximum Gasteiger partial charge on any atom is 0.341 e. The van der Waals surface area contributed by atoms with Gasteiger partial charge in [0.05, 0.1) is 42.3 Å². The van der Waals surface area contributed by atoms with Gasteiger partial charge in [-0.2, -0.15) is 5.26 Å². The molecule has 2 N–H and O–H groups in total. The van der Waals surface area contributed by atoms with Crippen LogP contribution in [0, 0.1) is 11.3 Å². The summed E-state index contributed by atoms with van der Waals surface area (Å²) in [6.07, 6.45) is 0.798. The minimum Gasteiger partial charge on any atom is -0.465 e. The molecule has 0 radical (unpaired) electrons. The maximum absolute atomic E-state index is 12.6. The van der Waals surface area contributed by atoms with Crippen LogP contribution < -0.4 is 10.2 Å². The second-order valence-electron chi connectivity index (χ2n) is 6.12. The Morgan fingerprint density at radius 3 is 2.69 bits per heavy atom. The van der Waals surface area contributed by atoms with Crippen LogP contribution in [0.1, 0.15) is 43.6 Å². The van der Waals surface area contributed by atoms with Crippen LogP contribution in [-0.4, -0.2) is 32.1 Å². The summed E-state index contributed by atoms with van der Waals surface area (Å²) < 4.78 is 4.95. The number of thiophene rings is 1. The van der Waals surface area contributed by atoms with Crippen molar-refractivity contribution in [3.05, 3.63) is 51.4 Å². The number of esters is 1. The first kappa shape index (κ1) is 18.1. The first-order valence-corrected chi connectivity index (χ1v) is 9.27. The lowest BCUT2D eigenvalue weighted by Gasteiger charge is -2.22. The molecule has 3 rings (SSSR count). The van der Waals surface area contributed by atoms with E-state index in [1.165, 1.54) is 23.3 Å². The molecular weight excluding hydrogens is 350 g/mol. The van der Waals surface area contributed by atoms with E-state index in [0.29, 0.717) is 21.7 Å². The number of fused-ring (bicyclic) bond motifs is 1. The Labute approximate surface area is 156 Å². The molecule has 6 nitrogen and oxygen atoms in total. The highest BCUT2D eigenvalue weighted by Crippen LogP contribution is 2.35. The monoisotopic (exact) mass is 370 g/mol. The molecule has 26 heavy (non-hydrogen) atoms. The summed E-state index contributed by atoms with van der Waals surface area (Å²) in [6, 6.07) is 8.41. The number of hydrogen-bond acceptors (Lipinski definition) is 5. The van der Waals surface area contributed by atoms with Crippen LogP contribution in [0.3, 0.4) is 0 Å². The molecule has 1 aliphatic heterocycles. The van der Waals surface area contributed by atoms with Gasteiger partial charge in [0, 0.05) is 12.0 Å². The summed E-state index contributed by atoms with van der Waals surface area (Å²) in [5, 5.41) is 12.3. The van der Waals surface area contributed by atoms with Gasteiger partial charge in [0.2, 0.25) is 0 Å². The smallest absolute Gasteiger partial charge is 0.341 e. The molecule has 0 bridgehead atoms. The summed E-state index contributed by atoms with van der Waals surface area (Å²) in [5.41, 5.74) is 2.40. The summed E-state index contributed by atoms with van der Waals surface area (Å²) >= 11 is 1.45. The van der Waals surface area contributed by atoms with E-state index in [2.05, 4.69) is 12.2 Å². The SMILES string of the molecule is CC[NH+]1CCc2c(sc(NC(=O)c3ccc(C#N)cc3)c2C(=O)OC)C1. The van der Waals surface area contributed by atoms with Gasteiger partial charge in [-0.05, 0) is 36.8 Å². The number of benzene rings is 1. The van der Waals surface area contributed by atoms with Crippen molar-refractivity contribution in [2.75, 3.05) is 25.5 Å². The summed E-state index contributed by atoms with van der Waals surface area (Å²) in [4.78, 5) is 27.5. The van der Waals surface area contributed by atoms with Crippen LogP contribution in [0.5, 0.6) is 0 Å². The van der Waals surface area contributed by atoms with Gasteiger partial charge < -0.3 is 15.0 Å². The second kappa shape index (κ2) is 7.68. The molecular formula is C19H20N3O3S+. The van der Waals surface area contributed by atoms with Crippen molar-refractivity contribution < 1.29 is 19.2 Å². The number of likely N-dealkylation sites (N-methyl/N-ethyl adjacent to an activating group) is 1. The van der Waals surface area contributed by atoms with Gasteiger partial charge in [0.25, 0.3) is 5.91 Å². The Kier molecular flexibility index (Phi) is 5.35. The van der Waals surface area contributed by atoms with E-state index in [1.807, 2.05) is 6.07 Å². The van der Waals surface area contributed by atoms with Crippen LogP contribution in [0.25, 0.3) is 0 Å². The number of ether oxygens (including phenoxy) is 1. The third kappa shape index (κ3) is 3.47. The Balaban J connectivity index is 1.91. The van der Waals surface area contributed by atoms with Crippen molar-refractivity contribution >= 4 is 28.2 Å². The van der Waals surface area contributed by atoms with Gasteiger partial charge in [-0.25, -0.2) is 4.79 Å². The fourth-order valence-electron chi connectivity index (χ4n) is 3.12. The average Bonchev–Trinajstić information content (AvgIpc) is 3.04. The predicted molar refractivity (Wildman–Crippen MR) is 98.5 cm³/mol. The van der Waals surface area contributed by atoms with Gasteiger partial charge in [0.15, 0.2) is 0 Å². The van der Waals surface area contributed by atoms with Crippen molar-refractivity contribution in [3.8, 4) is 6.07 Å². The number of hydrogen-bond donors (Lipinski definition) is 2. The standard InChI is InChI=1S/C19H19N3O3S/c1-3-22-9-8-14-15(11-22)26-18(16(14)19(24)25-2)21-17(23)13-6-4-12(10-20)5-7-13/h4-7H,3,8-9,11H2,1-2H3,(H,21,23)/p+1. The van der Waals surface area contributed by atoms with Crippen molar-refractivity contribution in [1.29, 1.82) is 5.26 Å². The van der Waals surface area contributed by atoms with E-state index >= 15 is 0 Å². The Bertz CT molecular complexity index is 881.